The Morgan fingerprint density at radius 1 is 1.48 bits per heavy atom. The number of hydrogen-bond acceptors (Lipinski definition) is 6. The summed E-state index contributed by atoms with van der Waals surface area (Å²) in [6.45, 7) is 2.02. The number of aliphatic carboxylic acids is 1. The molecule has 1 heterocycles. The first-order valence-electron chi connectivity index (χ1n) is 6.94. The minimum absolute atomic E-state index is 0.00708. The van der Waals surface area contributed by atoms with Crippen molar-refractivity contribution >= 4 is 23.8 Å². The van der Waals surface area contributed by atoms with Gasteiger partial charge in [0.05, 0.1) is 7.11 Å². The van der Waals surface area contributed by atoms with Crippen LogP contribution < -0.4 is 4.74 Å². The summed E-state index contributed by atoms with van der Waals surface area (Å²) in [4.78, 5) is 15.7. The van der Waals surface area contributed by atoms with E-state index in [4.69, 9.17) is 4.74 Å². The third kappa shape index (κ3) is 4.49. The molecule has 0 aliphatic heterocycles. The number of methoxy groups -OCH3 is 1. The first-order valence-corrected chi connectivity index (χ1v) is 7.76. The molecule has 0 saturated heterocycles. The van der Waals surface area contributed by atoms with Crippen LogP contribution in [0.15, 0.2) is 28.3 Å². The third-order valence-electron chi connectivity index (χ3n) is 2.91. The van der Waals surface area contributed by atoms with Crippen molar-refractivity contribution in [3.63, 3.8) is 0 Å². The summed E-state index contributed by atoms with van der Waals surface area (Å²) >= 11 is 0.961. The van der Waals surface area contributed by atoms with Gasteiger partial charge < -0.3 is 14.9 Å². The van der Waals surface area contributed by atoms with E-state index in [1.807, 2.05) is 6.92 Å². The number of aryl methyl sites for hydroxylation is 1. The third-order valence-corrected chi connectivity index (χ3v) is 3.79. The standard InChI is InChI=1S/C15H17N3O4S/c1-3-4-13-16-15(18-17-13)23-12(14(20)21)8-9-5-6-10(19)11(7-9)22-2/h5-8,19H,3-4H2,1-2H3,(H,20,21)(H,16,17,18)/b12-8-. The van der Waals surface area contributed by atoms with E-state index in [0.717, 1.165) is 30.4 Å². The van der Waals surface area contributed by atoms with Gasteiger partial charge in [-0.25, -0.2) is 9.78 Å². The van der Waals surface area contributed by atoms with Gasteiger partial charge in [-0.3, -0.25) is 5.10 Å². The molecular formula is C15H17N3O4S. The summed E-state index contributed by atoms with van der Waals surface area (Å²) in [5.41, 5.74) is 0.592. The number of ether oxygens (including phenoxy) is 1. The Kier molecular flexibility index (Phi) is 5.64. The van der Waals surface area contributed by atoms with Crippen molar-refractivity contribution in [2.45, 2.75) is 24.9 Å². The summed E-state index contributed by atoms with van der Waals surface area (Å²) < 4.78 is 5.01. The number of aromatic nitrogens is 3. The van der Waals surface area contributed by atoms with Crippen molar-refractivity contribution in [3.05, 3.63) is 34.5 Å². The molecule has 2 aromatic rings. The van der Waals surface area contributed by atoms with Crippen LogP contribution in [0.4, 0.5) is 0 Å². The van der Waals surface area contributed by atoms with Gasteiger partial charge in [-0.15, -0.1) is 5.10 Å². The molecule has 0 fully saturated rings. The van der Waals surface area contributed by atoms with E-state index in [0.29, 0.717) is 10.7 Å². The number of thioether (sulfide) groups is 1. The second-order valence-electron chi connectivity index (χ2n) is 4.66. The maximum Gasteiger partial charge on any atom is 0.342 e. The highest BCUT2D eigenvalue weighted by Gasteiger charge is 2.14. The molecule has 7 nitrogen and oxygen atoms in total. The fraction of sp³-hybridized carbons (Fsp3) is 0.267. The largest absolute Gasteiger partial charge is 0.504 e. The Bertz CT molecular complexity index is 727. The topological polar surface area (TPSA) is 108 Å². The summed E-state index contributed by atoms with van der Waals surface area (Å²) in [5, 5.41) is 26.1. The Morgan fingerprint density at radius 2 is 2.26 bits per heavy atom. The predicted molar refractivity (Wildman–Crippen MR) is 86.5 cm³/mol. The molecule has 1 aromatic heterocycles. The molecule has 0 aliphatic rings. The molecule has 3 N–H and O–H groups in total. The second-order valence-corrected chi connectivity index (χ2v) is 5.67. The fourth-order valence-corrected chi connectivity index (χ4v) is 2.57. The molecule has 0 bridgehead atoms. The van der Waals surface area contributed by atoms with Gasteiger partial charge >= 0.3 is 5.97 Å². The minimum atomic E-state index is -1.08. The molecule has 1 aromatic carbocycles. The van der Waals surface area contributed by atoms with Crippen LogP contribution in [-0.4, -0.2) is 38.5 Å². The first-order chi connectivity index (χ1) is 11.0. The highest BCUT2D eigenvalue weighted by Crippen LogP contribution is 2.30. The smallest absolute Gasteiger partial charge is 0.342 e. The van der Waals surface area contributed by atoms with E-state index < -0.39 is 5.97 Å². The van der Waals surface area contributed by atoms with Gasteiger partial charge in [0.15, 0.2) is 11.5 Å². The molecule has 0 atom stereocenters. The van der Waals surface area contributed by atoms with Crippen molar-refractivity contribution in [2.75, 3.05) is 7.11 Å². The Balaban J connectivity index is 2.25. The fourth-order valence-electron chi connectivity index (χ4n) is 1.84. The van der Waals surface area contributed by atoms with Crippen LogP contribution in [0.5, 0.6) is 11.5 Å². The number of carboxylic acids is 1. The number of nitrogens with zero attached hydrogens (tertiary/aromatic N) is 2. The van der Waals surface area contributed by atoms with Crippen LogP contribution >= 0.6 is 11.8 Å². The number of hydrogen-bond donors (Lipinski definition) is 3. The zero-order chi connectivity index (χ0) is 16.8. The molecule has 23 heavy (non-hydrogen) atoms. The van der Waals surface area contributed by atoms with Crippen molar-refractivity contribution < 1.29 is 19.7 Å². The lowest BCUT2D eigenvalue weighted by Gasteiger charge is -2.05. The SMILES string of the molecule is CCCc1nc(S/C(=C\c2ccc(O)c(OC)c2)C(=O)O)n[nH]1. The predicted octanol–water partition coefficient (Wildman–Crippen LogP) is 2.69. The number of aromatic amines is 1. The highest BCUT2D eigenvalue weighted by atomic mass is 32.2. The van der Waals surface area contributed by atoms with Gasteiger partial charge in [-0.05, 0) is 42.0 Å². The van der Waals surface area contributed by atoms with Crippen LogP contribution in [0.3, 0.4) is 0 Å². The summed E-state index contributed by atoms with van der Waals surface area (Å²) in [5.74, 6) is -0.0844. The molecule has 0 radical (unpaired) electrons. The Labute approximate surface area is 137 Å². The lowest BCUT2D eigenvalue weighted by Crippen LogP contribution is -1.97. The summed E-state index contributed by atoms with van der Waals surface area (Å²) in [6.07, 6.45) is 3.16. The molecular weight excluding hydrogens is 318 g/mol. The van der Waals surface area contributed by atoms with Gasteiger partial charge in [-0.1, -0.05) is 13.0 Å². The molecule has 122 valence electrons. The molecule has 8 heteroatoms. The van der Waals surface area contributed by atoms with Crippen molar-refractivity contribution in [1.29, 1.82) is 0 Å². The second kappa shape index (κ2) is 7.68. The summed E-state index contributed by atoms with van der Waals surface area (Å²) in [7, 11) is 1.43. The van der Waals surface area contributed by atoms with E-state index in [-0.39, 0.29) is 16.4 Å². The average Bonchev–Trinajstić information content (AvgIpc) is 2.96. The lowest BCUT2D eigenvalue weighted by atomic mass is 10.2. The van der Waals surface area contributed by atoms with Gasteiger partial charge in [0, 0.05) is 6.42 Å². The highest BCUT2D eigenvalue weighted by molar-refractivity contribution is 8.04. The van der Waals surface area contributed by atoms with Gasteiger partial charge in [0.1, 0.15) is 10.7 Å². The monoisotopic (exact) mass is 335 g/mol. The number of aromatic hydroxyl groups is 1. The lowest BCUT2D eigenvalue weighted by molar-refractivity contribution is -0.131. The van der Waals surface area contributed by atoms with Crippen molar-refractivity contribution in [1.82, 2.24) is 15.2 Å². The van der Waals surface area contributed by atoms with Crippen molar-refractivity contribution in [2.24, 2.45) is 0 Å². The first kappa shape index (κ1) is 16.9. The minimum Gasteiger partial charge on any atom is -0.504 e. The number of H-pyrrole nitrogens is 1. The van der Waals surface area contributed by atoms with Crippen LogP contribution in [0.25, 0.3) is 6.08 Å². The van der Waals surface area contributed by atoms with Crippen LogP contribution in [0.2, 0.25) is 0 Å². The molecule has 0 aliphatic carbocycles. The molecule has 0 spiro atoms. The van der Waals surface area contributed by atoms with Gasteiger partial charge in [0.2, 0.25) is 5.16 Å². The van der Waals surface area contributed by atoms with Crippen molar-refractivity contribution in [3.8, 4) is 11.5 Å². The van der Waals surface area contributed by atoms with Gasteiger partial charge in [0.25, 0.3) is 0 Å². The normalized spacial score (nSPS) is 11.5. The van der Waals surface area contributed by atoms with Gasteiger partial charge in [-0.2, -0.15) is 0 Å². The number of rotatable bonds is 7. The van der Waals surface area contributed by atoms with E-state index in [9.17, 15) is 15.0 Å². The average molecular weight is 335 g/mol. The summed E-state index contributed by atoms with van der Waals surface area (Å²) in [6, 6.07) is 4.60. The van der Waals surface area contributed by atoms with E-state index in [1.165, 1.54) is 19.3 Å². The molecule has 0 unspecified atom stereocenters. The zero-order valence-electron chi connectivity index (χ0n) is 12.7. The zero-order valence-corrected chi connectivity index (χ0v) is 13.6. The molecule has 2 rings (SSSR count). The number of phenolic OH excluding ortho intramolecular Hbond substituents is 1. The maximum atomic E-state index is 11.4. The van der Waals surface area contributed by atoms with Crippen LogP contribution in [0.1, 0.15) is 24.7 Å². The van der Waals surface area contributed by atoms with Crippen LogP contribution in [-0.2, 0) is 11.2 Å². The Morgan fingerprint density at radius 3 is 2.91 bits per heavy atom. The van der Waals surface area contributed by atoms with E-state index in [2.05, 4.69) is 15.2 Å². The van der Waals surface area contributed by atoms with E-state index >= 15 is 0 Å². The number of benzene rings is 1. The maximum absolute atomic E-state index is 11.4. The number of carbonyl (C=O) groups is 1. The molecule has 0 saturated carbocycles. The number of nitrogens with one attached hydrogen (secondary N) is 1. The Hall–Kier alpha value is -2.48. The molecule has 0 amide bonds. The van der Waals surface area contributed by atoms with E-state index in [1.54, 1.807) is 12.1 Å². The number of phenols is 1. The number of carboxylic acid groups (broad SMARTS) is 1. The quantitative estimate of drug-likeness (QED) is 0.527. The van der Waals surface area contributed by atoms with Crippen LogP contribution in [0, 0.1) is 0 Å².